The third-order valence-corrected chi connectivity index (χ3v) is 8.59. The average molecular weight is 563 g/mol. The van der Waals surface area contributed by atoms with Crippen LogP contribution in [-0.2, 0) is 0 Å². The van der Waals surface area contributed by atoms with Crippen LogP contribution in [-0.4, -0.2) is 9.55 Å². The van der Waals surface area contributed by atoms with E-state index in [0.717, 1.165) is 61.3 Å². The fourth-order valence-electron chi connectivity index (χ4n) is 6.53. The number of aromatic nitrogens is 2. The van der Waals surface area contributed by atoms with Gasteiger partial charge in [-0.2, -0.15) is 0 Å². The Balaban J connectivity index is 1.25. The third kappa shape index (κ3) is 3.87. The van der Waals surface area contributed by atoms with E-state index >= 15 is 0 Å². The van der Waals surface area contributed by atoms with Gasteiger partial charge in [-0.3, -0.25) is 0 Å². The highest BCUT2D eigenvalue weighted by Crippen LogP contribution is 2.39. The summed E-state index contributed by atoms with van der Waals surface area (Å²) in [4.78, 5) is 5.18. The normalized spacial score (nSPS) is 11.6. The summed E-state index contributed by atoms with van der Waals surface area (Å²) in [5.74, 6) is 0. The van der Waals surface area contributed by atoms with Crippen molar-refractivity contribution in [3.63, 3.8) is 0 Å². The van der Waals surface area contributed by atoms with Crippen LogP contribution in [0.2, 0.25) is 0 Å². The second-order valence-electron chi connectivity index (χ2n) is 11.2. The maximum Gasteiger partial charge on any atom is 0.161 e. The topological polar surface area (TPSA) is 31.0 Å². The molecule has 44 heavy (non-hydrogen) atoms. The number of hydrogen-bond acceptors (Lipinski definition) is 2. The van der Waals surface area contributed by atoms with Gasteiger partial charge in [0.2, 0.25) is 0 Å². The van der Waals surface area contributed by atoms with Gasteiger partial charge in [0.05, 0.1) is 16.7 Å². The first-order chi connectivity index (χ1) is 21.8. The zero-order valence-electron chi connectivity index (χ0n) is 23.8. The summed E-state index contributed by atoms with van der Waals surface area (Å²) >= 11 is 0. The van der Waals surface area contributed by atoms with Crippen LogP contribution in [0.15, 0.2) is 162 Å². The Kier molecular flexibility index (Phi) is 5.50. The SMILES string of the molecule is c1ccc(-c2cc(-c3ccccc3)c3oc4ccc(-c5cccc(-n6c7ccccc7c7ccccc76)c5)cc4c3n2)cc1. The van der Waals surface area contributed by atoms with Crippen molar-refractivity contribution in [2.45, 2.75) is 0 Å². The van der Waals surface area contributed by atoms with Gasteiger partial charge < -0.3 is 8.98 Å². The lowest BCUT2D eigenvalue weighted by Crippen LogP contribution is -1.94. The number of nitrogens with zero attached hydrogens (tertiary/aromatic N) is 2. The fourth-order valence-corrected chi connectivity index (χ4v) is 6.53. The second kappa shape index (κ2) is 9.82. The largest absolute Gasteiger partial charge is 0.454 e. The molecule has 0 amide bonds. The maximum absolute atomic E-state index is 6.53. The molecule has 0 bridgehead atoms. The van der Waals surface area contributed by atoms with Gasteiger partial charge in [-0.15, -0.1) is 0 Å². The highest BCUT2D eigenvalue weighted by molar-refractivity contribution is 6.10. The first-order valence-corrected chi connectivity index (χ1v) is 14.9. The predicted molar refractivity (Wildman–Crippen MR) is 182 cm³/mol. The molecule has 206 valence electrons. The molecule has 0 N–H and O–H groups in total. The van der Waals surface area contributed by atoms with Gasteiger partial charge in [-0.1, -0.05) is 115 Å². The van der Waals surface area contributed by atoms with E-state index < -0.39 is 0 Å². The molecule has 3 heterocycles. The quantitative estimate of drug-likeness (QED) is 0.214. The van der Waals surface area contributed by atoms with Gasteiger partial charge in [0.25, 0.3) is 0 Å². The van der Waals surface area contributed by atoms with Gasteiger partial charge in [-0.05, 0) is 59.2 Å². The lowest BCUT2D eigenvalue weighted by Gasteiger charge is -2.10. The molecule has 3 heteroatoms. The first-order valence-electron chi connectivity index (χ1n) is 14.9. The molecule has 0 spiro atoms. The first kappa shape index (κ1) is 24.6. The van der Waals surface area contributed by atoms with Gasteiger partial charge in [0.15, 0.2) is 5.58 Å². The van der Waals surface area contributed by atoms with Crippen molar-refractivity contribution in [3.8, 4) is 39.2 Å². The van der Waals surface area contributed by atoms with Crippen molar-refractivity contribution in [3.05, 3.63) is 158 Å². The standard InChI is InChI=1S/C41H26N2O/c1-3-12-27(13-4-1)34-26-36(28-14-5-2-6-15-28)42-40-35-25-30(22-23-39(35)44-41(34)40)29-16-11-17-31(24-29)43-37-20-9-7-18-32(37)33-19-8-10-21-38(33)43/h1-26H. The summed E-state index contributed by atoms with van der Waals surface area (Å²) in [5.41, 5.74) is 12.5. The zero-order chi connectivity index (χ0) is 29.0. The summed E-state index contributed by atoms with van der Waals surface area (Å²) in [5, 5.41) is 3.53. The smallest absolute Gasteiger partial charge is 0.161 e. The Hall–Kier alpha value is -5.93. The minimum atomic E-state index is 0.807. The average Bonchev–Trinajstić information content (AvgIpc) is 3.64. The van der Waals surface area contributed by atoms with E-state index in [2.05, 4.69) is 150 Å². The second-order valence-corrected chi connectivity index (χ2v) is 11.2. The Morgan fingerprint density at radius 1 is 0.455 bits per heavy atom. The van der Waals surface area contributed by atoms with Crippen molar-refractivity contribution in [2.75, 3.05) is 0 Å². The lowest BCUT2D eigenvalue weighted by molar-refractivity contribution is 0.669. The molecule has 0 saturated carbocycles. The van der Waals surface area contributed by atoms with Crippen LogP contribution in [0, 0.1) is 0 Å². The van der Waals surface area contributed by atoms with Gasteiger partial charge in [0.1, 0.15) is 11.1 Å². The number of furan rings is 1. The molecule has 9 aromatic rings. The highest BCUT2D eigenvalue weighted by atomic mass is 16.3. The fraction of sp³-hybridized carbons (Fsp3) is 0. The molecule has 0 radical (unpaired) electrons. The van der Waals surface area contributed by atoms with Crippen LogP contribution in [0.5, 0.6) is 0 Å². The molecule has 9 rings (SSSR count). The van der Waals surface area contributed by atoms with Crippen molar-refractivity contribution >= 4 is 43.9 Å². The monoisotopic (exact) mass is 562 g/mol. The van der Waals surface area contributed by atoms with Crippen molar-refractivity contribution in [1.29, 1.82) is 0 Å². The van der Waals surface area contributed by atoms with Crippen LogP contribution in [0.3, 0.4) is 0 Å². The Bertz CT molecular complexity index is 2430. The Morgan fingerprint density at radius 2 is 1.07 bits per heavy atom. The van der Waals surface area contributed by atoms with Crippen LogP contribution >= 0.6 is 0 Å². The predicted octanol–water partition coefficient (Wildman–Crippen LogP) is 11.1. The molecular formula is C41H26N2O. The Labute approximate surface area is 254 Å². The van der Waals surface area contributed by atoms with Gasteiger partial charge >= 0.3 is 0 Å². The number of hydrogen-bond donors (Lipinski definition) is 0. The number of fused-ring (bicyclic) bond motifs is 6. The van der Waals surface area contributed by atoms with Crippen LogP contribution in [0.1, 0.15) is 0 Å². The minimum absolute atomic E-state index is 0.807. The molecule has 3 aromatic heterocycles. The zero-order valence-corrected chi connectivity index (χ0v) is 23.8. The molecule has 6 aromatic carbocycles. The van der Waals surface area contributed by atoms with E-state index in [1.807, 2.05) is 12.1 Å². The number of pyridine rings is 1. The van der Waals surface area contributed by atoms with Gasteiger partial charge in [0, 0.05) is 33.0 Å². The maximum atomic E-state index is 6.53. The van der Waals surface area contributed by atoms with E-state index in [4.69, 9.17) is 9.40 Å². The highest BCUT2D eigenvalue weighted by Gasteiger charge is 2.18. The molecule has 3 nitrogen and oxygen atoms in total. The molecule has 0 aliphatic carbocycles. The third-order valence-electron chi connectivity index (χ3n) is 8.59. The van der Waals surface area contributed by atoms with Crippen LogP contribution in [0.25, 0.3) is 83.1 Å². The molecule has 0 saturated heterocycles. The van der Waals surface area contributed by atoms with E-state index in [9.17, 15) is 0 Å². The molecule has 0 aliphatic heterocycles. The van der Waals surface area contributed by atoms with Crippen molar-refractivity contribution in [2.24, 2.45) is 0 Å². The number of benzene rings is 6. The summed E-state index contributed by atoms with van der Waals surface area (Å²) in [6.07, 6.45) is 0. The summed E-state index contributed by atoms with van der Waals surface area (Å²) in [7, 11) is 0. The lowest BCUT2D eigenvalue weighted by atomic mass is 10.0. The Morgan fingerprint density at radius 3 is 1.80 bits per heavy atom. The summed E-state index contributed by atoms with van der Waals surface area (Å²) in [6.45, 7) is 0. The number of rotatable bonds is 4. The molecular weight excluding hydrogens is 536 g/mol. The van der Waals surface area contributed by atoms with E-state index in [0.29, 0.717) is 0 Å². The molecule has 0 atom stereocenters. The van der Waals surface area contributed by atoms with Crippen molar-refractivity contribution < 1.29 is 4.42 Å². The van der Waals surface area contributed by atoms with Crippen LogP contribution < -0.4 is 0 Å². The summed E-state index contributed by atoms with van der Waals surface area (Å²) in [6, 6.07) is 55.4. The molecule has 0 fully saturated rings. The van der Waals surface area contributed by atoms with Crippen molar-refractivity contribution in [1.82, 2.24) is 9.55 Å². The van der Waals surface area contributed by atoms with E-state index in [1.165, 1.54) is 21.8 Å². The number of para-hydroxylation sites is 2. The van der Waals surface area contributed by atoms with E-state index in [-0.39, 0.29) is 0 Å². The van der Waals surface area contributed by atoms with Gasteiger partial charge in [-0.25, -0.2) is 4.98 Å². The molecule has 0 aliphatic rings. The molecule has 0 unspecified atom stereocenters. The van der Waals surface area contributed by atoms with Crippen LogP contribution in [0.4, 0.5) is 0 Å². The summed E-state index contributed by atoms with van der Waals surface area (Å²) < 4.78 is 8.89. The van der Waals surface area contributed by atoms with E-state index in [1.54, 1.807) is 0 Å². The minimum Gasteiger partial charge on any atom is -0.454 e.